The second kappa shape index (κ2) is 6.41. The van der Waals surface area contributed by atoms with Crippen LogP contribution >= 0.6 is 0 Å². The summed E-state index contributed by atoms with van der Waals surface area (Å²) in [5.41, 5.74) is 1.31. The Morgan fingerprint density at radius 1 is 1.35 bits per heavy atom. The minimum Gasteiger partial charge on any atom is -0.279 e. The molecule has 1 aromatic carbocycles. The molecule has 138 valence electrons. The lowest BCUT2D eigenvalue weighted by molar-refractivity contribution is 0.484. The number of anilines is 1. The second-order valence-electron chi connectivity index (χ2n) is 6.30. The fraction of sp³-hybridized carbons (Fsp3) is 0.375. The van der Waals surface area contributed by atoms with Crippen LogP contribution in [-0.4, -0.2) is 38.1 Å². The monoisotopic (exact) mass is 394 g/mol. The fourth-order valence-corrected chi connectivity index (χ4v) is 6.36. The van der Waals surface area contributed by atoms with Crippen LogP contribution < -0.4 is 4.72 Å². The maximum atomic E-state index is 12.8. The first-order chi connectivity index (χ1) is 12.1. The van der Waals surface area contributed by atoms with Crippen LogP contribution in [0.1, 0.15) is 29.4 Å². The summed E-state index contributed by atoms with van der Waals surface area (Å²) in [5.74, 6) is 0.0450. The summed E-state index contributed by atoms with van der Waals surface area (Å²) in [6.07, 6.45) is 0.418. The number of rotatable bonds is 4. The molecule has 2 heterocycles. The predicted molar refractivity (Wildman–Crippen MR) is 96.0 cm³/mol. The van der Waals surface area contributed by atoms with Crippen LogP contribution in [0.4, 0.5) is 5.69 Å². The lowest BCUT2D eigenvalue weighted by Crippen LogP contribution is -2.17. The van der Waals surface area contributed by atoms with Crippen molar-refractivity contribution in [3.8, 4) is 6.07 Å². The van der Waals surface area contributed by atoms with E-state index in [1.807, 2.05) is 6.07 Å². The summed E-state index contributed by atoms with van der Waals surface area (Å²) < 4.78 is 53.1. The Hall–Kier alpha value is -2.38. The number of nitriles is 1. The Morgan fingerprint density at radius 3 is 2.69 bits per heavy atom. The summed E-state index contributed by atoms with van der Waals surface area (Å²) in [7, 11) is -7.04. The van der Waals surface area contributed by atoms with Crippen molar-refractivity contribution in [2.24, 2.45) is 0 Å². The number of hydrogen-bond donors (Lipinski definition) is 1. The highest BCUT2D eigenvalue weighted by molar-refractivity contribution is 7.92. The van der Waals surface area contributed by atoms with E-state index in [1.165, 1.54) is 10.7 Å². The fourth-order valence-electron chi connectivity index (χ4n) is 3.22. The van der Waals surface area contributed by atoms with Crippen molar-refractivity contribution in [3.63, 3.8) is 0 Å². The number of benzene rings is 1. The molecule has 1 unspecified atom stereocenters. The van der Waals surface area contributed by atoms with Crippen molar-refractivity contribution in [3.05, 3.63) is 41.2 Å². The molecule has 1 aliphatic heterocycles. The Labute approximate surface area is 152 Å². The number of aromatic nitrogens is 2. The number of aryl methyl sites for hydroxylation is 1. The van der Waals surface area contributed by atoms with E-state index >= 15 is 0 Å². The van der Waals surface area contributed by atoms with E-state index in [0.717, 1.165) is 0 Å². The summed E-state index contributed by atoms with van der Waals surface area (Å²) in [6.45, 7) is 3.19. The van der Waals surface area contributed by atoms with Gasteiger partial charge in [-0.15, -0.1) is 0 Å². The molecular weight excluding hydrogens is 376 g/mol. The van der Waals surface area contributed by atoms with Gasteiger partial charge in [-0.3, -0.25) is 9.40 Å². The molecule has 26 heavy (non-hydrogen) atoms. The predicted octanol–water partition coefficient (Wildman–Crippen LogP) is 1.53. The minimum absolute atomic E-state index is 0.0316. The molecule has 0 saturated carbocycles. The molecule has 0 bridgehead atoms. The van der Waals surface area contributed by atoms with E-state index in [1.54, 1.807) is 32.0 Å². The van der Waals surface area contributed by atoms with Gasteiger partial charge in [0.05, 0.1) is 46.3 Å². The Kier molecular flexibility index (Phi) is 4.54. The van der Waals surface area contributed by atoms with Gasteiger partial charge in [-0.25, -0.2) is 16.8 Å². The minimum atomic E-state index is -3.93. The summed E-state index contributed by atoms with van der Waals surface area (Å²) in [5, 5.41) is 13.2. The second-order valence-corrected chi connectivity index (χ2v) is 10.1. The van der Waals surface area contributed by atoms with Gasteiger partial charge in [0.2, 0.25) is 0 Å². The molecule has 0 amide bonds. The zero-order valence-electron chi connectivity index (χ0n) is 14.3. The highest BCUT2D eigenvalue weighted by Crippen LogP contribution is 2.29. The van der Waals surface area contributed by atoms with Crippen LogP contribution in [0.2, 0.25) is 0 Å². The largest absolute Gasteiger partial charge is 0.279 e. The third-order valence-corrected chi connectivity index (χ3v) is 7.71. The average molecular weight is 394 g/mol. The van der Waals surface area contributed by atoms with Crippen LogP contribution in [0.15, 0.2) is 29.2 Å². The van der Waals surface area contributed by atoms with Crippen molar-refractivity contribution in [2.45, 2.75) is 31.2 Å². The molecule has 1 fully saturated rings. The van der Waals surface area contributed by atoms with E-state index in [0.29, 0.717) is 23.4 Å². The van der Waals surface area contributed by atoms with Crippen molar-refractivity contribution in [1.29, 1.82) is 5.26 Å². The van der Waals surface area contributed by atoms with Crippen molar-refractivity contribution < 1.29 is 16.8 Å². The third-order valence-electron chi connectivity index (χ3n) is 4.33. The van der Waals surface area contributed by atoms with Gasteiger partial charge in [0.15, 0.2) is 9.84 Å². The van der Waals surface area contributed by atoms with E-state index < -0.39 is 19.9 Å². The van der Waals surface area contributed by atoms with E-state index in [4.69, 9.17) is 5.26 Å². The standard InChI is InChI=1S/C16H18N4O4S2/c1-11-16(12(2)20(18-11)15-6-7-25(21,22)10-15)26(23,24)19-14-5-3-4-13(8-14)9-17/h3-5,8,15,19H,6-7,10H2,1-2H3. The van der Waals surface area contributed by atoms with Gasteiger partial charge < -0.3 is 0 Å². The first-order valence-electron chi connectivity index (χ1n) is 7.92. The molecule has 8 nitrogen and oxygen atoms in total. The lowest BCUT2D eigenvalue weighted by Gasteiger charge is -2.12. The topological polar surface area (TPSA) is 122 Å². The smallest absolute Gasteiger partial charge is 0.265 e. The summed E-state index contributed by atoms with van der Waals surface area (Å²) in [4.78, 5) is 0.0316. The normalized spacial score (nSPS) is 19.2. The zero-order valence-corrected chi connectivity index (χ0v) is 15.9. The molecule has 0 aliphatic carbocycles. The number of sulfone groups is 1. The van der Waals surface area contributed by atoms with Crippen LogP contribution in [0, 0.1) is 25.2 Å². The number of sulfonamides is 1. The van der Waals surface area contributed by atoms with Gasteiger partial charge in [-0.05, 0) is 38.5 Å². The van der Waals surface area contributed by atoms with E-state index in [2.05, 4.69) is 9.82 Å². The molecule has 2 aromatic rings. The highest BCUT2D eigenvalue weighted by Gasteiger charge is 2.33. The molecule has 1 saturated heterocycles. The summed E-state index contributed by atoms with van der Waals surface area (Å²) >= 11 is 0. The van der Waals surface area contributed by atoms with Gasteiger partial charge in [0.1, 0.15) is 4.90 Å². The molecule has 0 radical (unpaired) electrons. The molecule has 1 aromatic heterocycles. The third kappa shape index (κ3) is 3.45. The summed E-state index contributed by atoms with van der Waals surface area (Å²) in [6, 6.07) is 7.76. The van der Waals surface area contributed by atoms with E-state index in [-0.39, 0.29) is 28.1 Å². The van der Waals surface area contributed by atoms with Crippen molar-refractivity contribution in [1.82, 2.24) is 9.78 Å². The van der Waals surface area contributed by atoms with Gasteiger partial charge in [0.25, 0.3) is 10.0 Å². The number of nitrogens with one attached hydrogen (secondary N) is 1. The first kappa shape index (κ1) is 18.4. The molecule has 3 rings (SSSR count). The van der Waals surface area contributed by atoms with Gasteiger partial charge in [0, 0.05) is 0 Å². The first-order valence-corrected chi connectivity index (χ1v) is 11.2. The van der Waals surface area contributed by atoms with Crippen LogP contribution in [0.25, 0.3) is 0 Å². The number of hydrogen-bond acceptors (Lipinski definition) is 6. The molecule has 1 atom stereocenters. The van der Waals surface area contributed by atoms with Crippen LogP contribution in [0.5, 0.6) is 0 Å². The van der Waals surface area contributed by atoms with Gasteiger partial charge >= 0.3 is 0 Å². The van der Waals surface area contributed by atoms with Gasteiger partial charge in [-0.1, -0.05) is 6.07 Å². The average Bonchev–Trinajstić information content (AvgIpc) is 3.06. The Balaban J connectivity index is 1.97. The Bertz CT molecular complexity index is 1110. The SMILES string of the molecule is Cc1nn(C2CCS(=O)(=O)C2)c(C)c1S(=O)(=O)Nc1cccc(C#N)c1. The van der Waals surface area contributed by atoms with Crippen molar-refractivity contribution >= 4 is 25.5 Å². The van der Waals surface area contributed by atoms with E-state index in [9.17, 15) is 16.8 Å². The van der Waals surface area contributed by atoms with Crippen molar-refractivity contribution in [2.75, 3.05) is 16.2 Å². The number of nitrogens with zero attached hydrogens (tertiary/aromatic N) is 3. The quantitative estimate of drug-likeness (QED) is 0.839. The van der Waals surface area contributed by atoms with Crippen LogP contribution in [0.3, 0.4) is 0 Å². The van der Waals surface area contributed by atoms with Crippen LogP contribution in [-0.2, 0) is 19.9 Å². The maximum Gasteiger partial charge on any atom is 0.265 e. The molecule has 0 spiro atoms. The zero-order chi connectivity index (χ0) is 19.1. The Morgan fingerprint density at radius 2 is 2.08 bits per heavy atom. The molecule has 1 N–H and O–H groups in total. The molecule has 10 heteroatoms. The lowest BCUT2D eigenvalue weighted by atomic mass is 10.2. The van der Waals surface area contributed by atoms with Gasteiger partial charge in [-0.2, -0.15) is 10.4 Å². The molecule has 1 aliphatic rings. The highest BCUT2D eigenvalue weighted by atomic mass is 32.2. The maximum absolute atomic E-state index is 12.8. The molecular formula is C16H18N4O4S2.